The zero-order valence-corrected chi connectivity index (χ0v) is 18.1. The molecule has 30 heavy (non-hydrogen) atoms. The van der Waals surface area contributed by atoms with Crippen LogP contribution in [0.2, 0.25) is 0 Å². The third-order valence-electron chi connectivity index (χ3n) is 6.03. The Balaban J connectivity index is 1.61. The minimum Gasteiger partial charge on any atom is -0.495 e. The average molecular weight is 429 g/mol. The third kappa shape index (κ3) is 4.09. The second-order valence-electron chi connectivity index (χ2n) is 7.95. The number of carbonyl (C=O) groups excluding carboxylic acids is 1. The van der Waals surface area contributed by atoms with Gasteiger partial charge in [-0.3, -0.25) is 4.79 Å². The Morgan fingerprint density at radius 1 is 1.07 bits per heavy atom. The van der Waals surface area contributed by atoms with Crippen molar-refractivity contribution in [1.82, 2.24) is 9.62 Å². The summed E-state index contributed by atoms with van der Waals surface area (Å²) < 4.78 is 33.2. The first-order valence-corrected chi connectivity index (χ1v) is 12.0. The number of amides is 1. The molecule has 4 rings (SSSR count). The Hall–Kier alpha value is -2.38. The lowest BCUT2D eigenvalue weighted by atomic mass is 9.87. The van der Waals surface area contributed by atoms with Gasteiger partial charge in [0.25, 0.3) is 5.91 Å². The molecule has 0 unspecified atom stereocenters. The number of piperidine rings is 1. The Morgan fingerprint density at radius 3 is 2.60 bits per heavy atom. The van der Waals surface area contributed by atoms with Crippen molar-refractivity contribution in [2.24, 2.45) is 0 Å². The molecule has 2 aromatic carbocycles. The summed E-state index contributed by atoms with van der Waals surface area (Å²) >= 11 is 0. The maximum absolute atomic E-state index is 13.2. The topological polar surface area (TPSA) is 75.7 Å². The molecule has 1 heterocycles. The summed E-state index contributed by atoms with van der Waals surface area (Å²) in [6, 6.07) is 12.7. The lowest BCUT2D eigenvalue weighted by Gasteiger charge is -2.27. The number of methoxy groups -OCH3 is 1. The van der Waals surface area contributed by atoms with E-state index in [1.165, 1.54) is 23.0 Å². The normalized spacial score (nSPS) is 19.7. The zero-order chi connectivity index (χ0) is 21.1. The molecule has 160 valence electrons. The second-order valence-corrected chi connectivity index (χ2v) is 9.85. The SMILES string of the molecule is COc1ccc(C(=O)N[C@H]2CCCc3ccccc32)cc1S(=O)(=O)N1CCCCC1. The van der Waals surface area contributed by atoms with Gasteiger partial charge in [0.15, 0.2) is 0 Å². The van der Waals surface area contributed by atoms with Gasteiger partial charge in [0, 0.05) is 18.7 Å². The minimum absolute atomic E-state index is 0.0589. The van der Waals surface area contributed by atoms with E-state index in [9.17, 15) is 13.2 Å². The van der Waals surface area contributed by atoms with Crippen LogP contribution >= 0.6 is 0 Å². The lowest BCUT2D eigenvalue weighted by molar-refractivity contribution is 0.0932. The van der Waals surface area contributed by atoms with Crippen LogP contribution in [0.15, 0.2) is 47.4 Å². The first kappa shape index (κ1) is 20.9. The van der Waals surface area contributed by atoms with Crippen LogP contribution in [-0.4, -0.2) is 38.8 Å². The van der Waals surface area contributed by atoms with Crippen molar-refractivity contribution in [3.63, 3.8) is 0 Å². The number of ether oxygens (including phenoxy) is 1. The van der Waals surface area contributed by atoms with Crippen molar-refractivity contribution in [1.29, 1.82) is 0 Å². The van der Waals surface area contributed by atoms with Gasteiger partial charge in [-0.05, 0) is 61.4 Å². The molecule has 1 atom stereocenters. The molecule has 1 saturated heterocycles. The average Bonchev–Trinajstić information content (AvgIpc) is 2.79. The van der Waals surface area contributed by atoms with Crippen LogP contribution in [0.5, 0.6) is 5.75 Å². The molecule has 1 aliphatic heterocycles. The van der Waals surface area contributed by atoms with Crippen LogP contribution in [0.25, 0.3) is 0 Å². The number of fused-ring (bicyclic) bond motifs is 1. The van der Waals surface area contributed by atoms with Gasteiger partial charge in [-0.25, -0.2) is 8.42 Å². The van der Waals surface area contributed by atoms with Gasteiger partial charge in [-0.2, -0.15) is 4.31 Å². The largest absolute Gasteiger partial charge is 0.495 e. The molecule has 0 radical (unpaired) electrons. The van der Waals surface area contributed by atoms with E-state index in [1.54, 1.807) is 12.1 Å². The highest BCUT2D eigenvalue weighted by molar-refractivity contribution is 7.89. The maximum Gasteiger partial charge on any atom is 0.251 e. The number of nitrogens with one attached hydrogen (secondary N) is 1. The molecule has 7 heteroatoms. The Kier molecular flexibility index (Phi) is 6.11. The zero-order valence-electron chi connectivity index (χ0n) is 17.3. The fraction of sp³-hybridized carbons (Fsp3) is 0.435. The highest BCUT2D eigenvalue weighted by atomic mass is 32.2. The molecule has 1 N–H and O–H groups in total. The molecule has 1 aliphatic carbocycles. The highest BCUT2D eigenvalue weighted by Gasteiger charge is 2.30. The van der Waals surface area contributed by atoms with Crippen LogP contribution in [0, 0.1) is 0 Å². The summed E-state index contributed by atoms with van der Waals surface area (Å²) in [5, 5.41) is 3.10. The number of aryl methyl sites for hydroxylation is 1. The van der Waals surface area contributed by atoms with Crippen LogP contribution in [0.1, 0.15) is 59.6 Å². The number of carbonyl (C=O) groups is 1. The van der Waals surface area contributed by atoms with Crippen LogP contribution in [0.3, 0.4) is 0 Å². The molecule has 0 saturated carbocycles. The van der Waals surface area contributed by atoms with Crippen molar-refractivity contribution < 1.29 is 17.9 Å². The third-order valence-corrected chi connectivity index (χ3v) is 7.95. The molecule has 0 bridgehead atoms. The van der Waals surface area contributed by atoms with E-state index in [-0.39, 0.29) is 22.6 Å². The first-order valence-electron chi connectivity index (χ1n) is 10.6. The van der Waals surface area contributed by atoms with Crippen LogP contribution < -0.4 is 10.1 Å². The van der Waals surface area contributed by atoms with E-state index in [2.05, 4.69) is 17.4 Å². The summed E-state index contributed by atoms with van der Waals surface area (Å²) in [5.41, 5.74) is 2.73. The van der Waals surface area contributed by atoms with E-state index in [4.69, 9.17) is 4.74 Å². The smallest absolute Gasteiger partial charge is 0.251 e. The van der Waals surface area contributed by atoms with Crippen molar-refractivity contribution in [2.45, 2.75) is 49.5 Å². The highest BCUT2D eigenvalue weighted by Crippen LogP contribution is 2.32. The van der Waals surface area contributed by atoms with Gasteiger partial charge in [0.1, 0.15) is 10.6 Å². The summed E-state index contributed by atoms with van der Waals surface area (Å²) in [4.78, 5) is 13.1. The van der Waals surface area contributed by atoms with Gasteiger partial charge in [-0.15, -0.1) is 0 Å². The molecular formula is C23H28N2O4S. The van der Waals surface area contributed by atoms with Crippen molar-refractivity contribution in [3.05, 3.63) is 59.2 Å². The molecule has 1 fully saturated rings. The number of hydrogen-bond donors (Lipinski definition) is 1. The quantitative estimate of drug-likeness (QED) is 0.788. The molecule has 1 amide bonds. The number of hydrogen-bond acceptors (Lipinski definition) is 4. The van der Waals surface area contributed by atoms with Crippen LogP contribution in [0.4, 0.5) is 0 Å². The van der Waals surface area contributed by atoms with E-state index in [0.717, 1.165) is 44.1 Å². The van der Waals surface area contributed by atoms with Gasteiger partial charge in [0.05, 0.1) is 13.2 Å². The molecule has 6 nitrogen and oxygen atoms in total. The number of benzene rings is 2. The molecule has 2 aliphatic rings. The Labute approximate surface area is 178 Å². The lowest BCUT2D eigenvalue weighted by Crippen LogP contribution is -2.36. The second kappa shape index (κ2) is 8.78. The molecule has 0 aromatic heterocycles. The van der Waals surface area contributed by atoms with Crippen molar-refractivity contribution in [2.75, 3.05) is 20.2 Å². The summed E-state index contributed by atoms with van der Waals surface area (Å²) in [5.74, 6) is -0.00501. The maximum atomic E-state index is 13.2. The van der Waals surface area contributed by atoms with Gasteiger partial charge in [-0.1, -0.05) is 30.7 Å². The fourth-order valence-electron chi connectivity index (χ4n) is 4.41. The van der Waals surface area contributed by atoms with Crippen molar-refractivity contribution >= 4 is 15.9 Å². The summed E-state index contributed by atoms with van der Waals surface area (Å²) in [7, 11) is -2.27. The first-order chi connectivity index (χ1) is 14.5. The van der Waals surface area contributed by atoms with E-state index in [0.29, 0.717) is 18.7 Å². The molecule has 0 spiro atoms. The van der Waals surface area contributed by atoms with E-state index >= 15 is 0 Å². The van der Waals surface area contributed by atoms with Crippen LogP contribution in [-0.2, 0) is 16.4 Å². The van der Waals surface area contributed by atoms with Crippen molar-refractivity contribution in [3.8, 4) is 5.75 Å². The molecule has 2 aromatic rings. The summed E-state index contributed by atoms with van der Waals surface area (Å²) in [6.45, 7) is 1.00. The Morgan fingerprint density at radius 2 is 1.83 bits per heavy atom. The predicted molar refractivity (Wildman–Crippen MR) is 115 cm³/mol. The van der Waals surface area contributed by atoms with Gasteiger partial charge < -0.3 is 10.1 Å². The fourth-order valence-corrected chi connectivity index (χ4v) is 6.11. The minimum atomic E-state index is -3.71. The molecular weight excluding hydrogens is 400 g/mol. The number of rotatable bonds is 5. The van der Waals surface area contributed by atoms with Gasteiger partial charge >= 0.3 is 0 Å². The standard InChI is InChI=1S/C23H28N2O4S/c1-29-21-13-12-18(16-22(21)30(27,28)25-14-5-2-6-15-25)23(26)24-20-11-7-9-17-8-3-4-10-19(17)20/h3-4,8,10,12-13,16,20H,2,5-7,9,11,14-15H2,1H3,(H,24,26)/t20-/m0/s1. The van der Waals surface area contributed by atoms with E-state index < -0.39 is 10.0 Å². The number of sulfonamides is 1. The number of nitrogens with zero attached hydrogens (tertiary/aromatic N) is 1. The monoisotopic (exact) mass is 428 g/mol. The van der Waals surface area contributed by atoms with E-state index in [1.807, 2.05) is 12.1 Å². The van der Waals surface area contributed by atoms with Gasteiger partial charge in [0.2, 0.25) is 10.0 Å². The Bertz CT molecular complexity index is 1030. The predicted octanol–water partition coefficient (Wildman–Crippen LogP) is 3.68. The summed E-state index contributed by atoms with van der Waals surface area (Å²) in [6.07, 6.45) is 5.64.